The zero-order valence-corrected chi connectivity index (χ0v) is 22.0. The van der Waals surface area contributed by atoms with Crippen LogP contribution in [-0.2, 0) is 22.7 Å². The van der Waals surface area contributed by atoms with E-state index < -0.39 is 0 Å². The van der Waals surface area contributed by atoms with Crippen molar-refractivity contribution in [2.24, 2.45) is 0 Å². The molecule has 0 saturated carbocycles. The summed E-state index contributed by atoms with van der Waals surface area (Å²) in [5, 5.41) is 0. The molecule has 1 aromatic carbocycles. The third kappa shape index (κ3) is 5.46. The summed E-state index contributed by atoms with van der Waals surface area (Å²) in [6, 6.07) is 15.1. The van der Waals surface area contributed by atoms with E-state index in [1.807, 2.05) is 60.7 Å². The monoisotopic (exact) mass is 546 g/mol. The summed E-state index contributed by atoms with van der Waals surface area (Å²) in [5.41, 5.74) is 3.69. The smallest absolute Gasteiger partial charge is 0.266 e. The van der Waals surface area contributed by atoms with Crippen LogP contribution in [0.15, 0.2) is 83.1 Å². The van der Waals surface area contributed by atoms with Crippen molar-refractivity contribution in [2.75, 3.05) is 0 Å². The summed E-state index contributed by atoms with van der Waals surface area (Å²) in [7, 11) is 0. The van der Waals surface area contributed by atoms with Gasteiger partial charge in [-0.25, -0.2) is 0 Å². The molecule has 0 N–H and O–H groups in total. The van der Waals surface area contributed by atoms with Gasteiger partial charge < -0.3 is 0 Å². The molecular weight excluding hydrogens is 529 g/mol. The molecular formula is C26H18N4O2S4. The minimum Gasteiger partial charge on any atom is -0.288 e. The quantitative estimate of drug-likeness (QED) is 0.306. The first kappa shape index (κ1) is 24.5. The first-order valence-electron chi connectivity index (χ1n) is 10.9. The minimum absolute atomic E-state index is 0.108. The Morgan fingerprint density at radius 1 is 0.639 bits per heavy atom. The second kappa shape index (κ2) is 10.8. The molecule has 2 aliphatic rings. The highest BCUT2D eigenvalue weighted by Crippen LogP contribution is 2.35. The van der Waals surface area contributed by atoms with Gasteiger partial charge in [0, 0.05) is 24.8 Å². The van der Waals surface area contributed by atoms with Gasteiger partial charge in [-0.15, -0.1) is 0 Å². The summed E-state index contributed by atoms with van der Waals surface area (Å²) < 4.78 is 1.07. The van der Waals surface area contributed by atoms with Gasteiger partial charge in [0.25, 0.3) is 11.8 Å². The average molecular weight is 547 g/mol. The molecule has 2 aromatic heterocycles. The number of carbonyl (C=O) groups is 2. The van der Waals surface area contributed by atoms with Crippen molar-refractivity contribution in [1.29, 1.82) is 0 Å². The van der Waals surface area contributed by atoms with Gasteiger partial charge in [-0.2, -0.15) is 0 Å². The molecule has 2 aliphatic heterocycles. The normalized spacial score (nSPS) is 18.2. The molecule has 0 unspecified atom stereocenters. The number of aromatic nitrogens is 2. The van der Waals surface area contributed by atoms with Crippen LogP contribution in [-0.4, -0.2) is 40.2 Å². The van der Waals surface area contributed by atoms with E-state index in [2.05, 4.69) is 9.97 Å². The van der Waals surface area contributed by atoms with E-state index in [9.17, 15) is 9.59 Å². The van der Waals surface area contributed by atoms with E-state index in [1.54, 1.807) is 34.6 Å². The number of amides is 2. The second-order valence-electron chi connectivity index (χ2n) is 7.91. The highest BCUT2D eigenvalue weighted by molar-refractivity contribution is 8.27. The Bertz CT molecular complexity index is 1300. The predicted molar refractivity (Wildman–Crippen MR) is 152 cm³/mol. The van der Waals surface area contributed by atoms with Gasteiger partial charge in [0.15, 0.2) is 0 Å². The van der Waals surface area contributed by atoms with Crippen molar-refractivity contribution in [1.82, 2.24) is 19.8 Å². The summed E-state index contributed by atoms with van der Waals surface area (Å²) in [6.45, 7) is 0.839. The van der Waals surface area contributed by atoms with Gasteiger partial charge in [-0.3, -0.25) is 29.4 Å². The summed E-state index contributed by atoms with van der Waals surface area (Å²) in [6.07, 6.45) is 10.5. The molecule has 178 valence electrons. The highest BCUT2D eigenvalue weighted by atomic mass is 32.2. The maximum absolute atomic E-state index is 12.9. The van der Waals surface area contributed by atoms with E-state index in [4.69, 9.17) is 24.4 Å². The van der Waals surface area contributed by atoms with Crippen molar-refractivity contribution in [2.45, 2.75) is 13.1 Å². The Morgan fingerprint density at radius 3 is 1.36 bits per heavy atom. The standard InChI is InChI=1S/C26H18N4O2S4/c31-23-21(35-25(33)29(23)15-19-5-9-27-10-6-19)13-17-1-2-18(4-3-17)14-22-24(32)30(26(34)36-22)16-20-7-11-28-12-8-20/h1-14H,15-16H2/b21-13-,22-14-. The number of rotatable bonds is 6. The van der Waals surface area contributed by atoms with E-state index >= 15 is 0 Å². The Hall–Kier alpha value is -3.18. The first-order valence-corrected chi connectivity index (χ1v) is 13.3. The molecule has 2 saturated heterocycles. The molecule has 0 bridgehead atoms. The molecule has 0 spiro atoms. The summed E-state index contributed by atoms with van der Waals surface area (Å²) >= 11 is 13.5. The maximum atomic E-state index is 12.9. The third-order valence-corrected chi connectivity index (χ3v) is 8.21. The van der Waals surface area contributed by atoms with Crippen LogP contribution < -0.4 is 0 Å². The lowest BCUT2D eigenvalue weighted by Gasteiger charge is -2.14. The largest absolute Gasteiger partial charge is 0.288 e. The fourth-order valence-corrected chi connectivity index (χ4v) is 6.12. The van der Waals surface area contributed by atoms with Crippen LogP contribution in [0.3, 0.4) is 0 Å². The molecule has 0 radical (unpaired) electrons. The Morgan fingerprint density at radius 2 is 1.00 bits per heavy atom. The molecule has 3 aromatic rings. The molecule has 2 fully saturated rings. The number of carbonyl (C=O) groups excluding carboxylic acids is 2. The fourth-order valence-electron chi connectivity index (χ4n) is 3.61. The molecule has 10 heteroatoms. The molecule has 5 rings (SSSR count). The predicted octanol–water partition coefficient (Wildman–Crippen LogP) is 5.28. The van der Waals surface area contributed by atoms with Crippen LogP contribution >= 0.6 is 48.0 Å². The highest BCUT2D eigenvalue weighted by Gasteiger charge is 2.33. The zero-order valence-electron chi connectivity index (χ0n) is 18.7. The topological polar surface area (TPSA) is 66.4 Å². The van der Waals surface area contributed by atoms with Gasteiger partial charge >= 0.3 is 0 Å². The van der Waals surface area contributed by atoms with E-state index in [0.29, 0.717) is 31.5 Å². The first-order chi connectivity index (χ1) is 17.5. The Labute approximate surface area is 227 Å². The molecule has 0 aliphatic carbocycles. The number of thiocarbonyl (C=S) groups is 2. The van der Waals surface area contributed by atoms with Gasteiger partial charge in [0.05, 0.1) is 22.9 Å². The van der Waals surface area contributed by atoms with Crippen LogP contribution in [0.5, 0.6) is 0 Å². The lowest BCUT2D eigenvalue weighted by molar-refractivity contribution is -0.123. The molecule has 6 nitrogen and oxygen atoms in total. The maximum Gasteiger partial charge on any atom is 0.266 e. The minimum atomic E-state index is -0.108. The van der Waals surface area contributed by atoms with Crippen LogP contribution in [0.2, 0.25) is 0 Å². The molecule has 4 heterocycles. The van der Waals surface area contributed by atoms with Crippen molar-refractivity contribution in [3.63, 3.8) is 0 Å². The van der Waals surface area contributed by atoms with Crippen LogP contribution in [0.4, 0.5) is 0 Å². The Balaban J connectivity index is 1.27. The summed E-state index contributed by atoms with van der Waals surface area (Å²) in [5.74, 6) is -0.215. The van der Waals surface area contributed by atoms with Gasteiger partial charge in [0.2, 0.25) is 0 Å². The lowest BCUT2D eigenvalue weighted by Crippen LogP contribution is -2.27. The summed E-state index contributed by atoms with van der Waals surface area (Å²) in [4.78, 5) is 38.2. The van der Waals surface area contributed by atoms with E-state index in [0.717, 1.165) is 22.3 Å². The number of nitrogens with zero attached hydrogens (tertiary/aromatic N) is 4. The van der Waals surface area contributed by atoms with Crippen LogP contribution in [0.1, 0.15) is 22.3 Å². The van der Waals surface area contributed by atoms with Crippen LogP contribution in [0, 0.1) is 0 Å². The number of hydrogen-bond donors (Lipinski definition) is 0. The number of pyridine rings is 2. The molecule has 2 amide bonds. The Kier molecular flexibility index (Phi) is 7.38. The fraction of sp³-hybridized carbons (Fsp3) is 0.0769. The zero-order chi connectivity index (χ0) is 25.1. The van der Waals surface area contributed by atoms with Crippen molar-refractivity contribution < 1.29 is 9.59 Å². The number of thioether (sulfide) groups is 2. The number of hydrogen-bond acceptors (Lipinski definition) is 8. The van der Waals surface area contributed by atoms with Crippen molar-refractivity contribution in [3.8, 4) is 0 Å². The van der Waals surface area contributed by atoms with E-state index in [-0.39, 0.29) is 11.8 Å². The van der Waals surface area contributed by atoms with Crippen molar-refractivity contribution in [3.05, 3.63) is 105 Å². The average Bonchev–Trinajstić information content (AvgIpc) is 3.30. The van der Waals surface area contributed by atoms with Crippen molar-refractivity contribution >= 4 is 80.6 Å². The molecule has 0 atom stereocenters. The SMILES string of the molecule is O=C1/C(=C/c2ccc(/C=C3\SC(=S)N(Cc4ccncc4)C3=O)cc2)SC(=S)N1Cc1ccncc1. The van der Waals surface area contributed by atoms with Gasteiger partial charge in [-0.05, 0) is 58.7 Å². The van der Waals surface area contributed by atoms with Gasteiger partial charge in [-0.1, -0.05) is 72.2 Å². The lowest BCUT2D eigenvalue weighted by atomic mass is 10.1. The molecule has 36 heavy (non-hydrogen) atoms. The van der Waals surface area contributed by atoms with Gasteiger partial charge in [0.1, 0.15) is 8.64 Å². The van der Waals surface area contributed by atoms with Crippen LogP contribution in [0.25, 0.3) is 12.2 Å². The van der Waals surface area contributed by atoms with E-state index in [1.165, 1.54) is 23.5 Å². The number of benzene rings is 1. The third-order valence-electron chi connectivity index (χ3n) is 5.46. The second-order valence-corrected chi connectivity index (χ2v) is 11.3.